The van der Waals surface area contributed by atoms with Gasteiger partial charge in [-0.05, 0) is 44.4 Å². The Balaban J connectivity index is 2.95. The normalized spacial score (nSPS) is 11.1. The highest BCUT2D eigenvalue weighted by atomic mass is 15.0. The molecule has 78 valence electrons. The molecule has 0 unspecified atom stereocenters. The fourth-order valence-corrected chi connectivity index (χ4v) is 1.40. The summed E-state index contributed by atoms with van der Waals surface area (Å²) < 4.78 is 0. The molecule has 1 heterocycles. The lowest BCUT2D eigenvalue weighted by atomic mass is 10.0. The molecule has 1 N–H and O–H groups in total. The van der Waals surface area contributed by atoms with Crippen molar-refractivity contribution in [2.45, 2.75) is 46.6 Å². The summed E-state index contributed by atoms with van der Waals surface area (Å²) in [6.07, 6.45) is 0. The largest absolute Gasteiger partial charge is 0.368 e. The van der Waals surface area contributed by atoms with E-state index < -0.39 is 0 Å². The molecule has 0 aliphatic carbocycles. The lowest BCUT2D eigenvalue weighted by Gasteiger charge is -2.13. The Bertz CT molecular complexity index is 303. The summed E-state index contributed by atoms with van der Waals surface area (Å²) in [6.45, 7) is 10.7. The number of hydrogen-bond acceptors (Lipinski definition) is 2. The third-order valence-corrected chi connectivity index (χ3v) is 2.08. The molecular formula is C12H20N2. The zero-order chi connectivity index (χ0) is 10.7. The van der Waals surface area contributed by atoms with Gasteiger partial charge in [-0.15, -0.1) is 0 Å². The van der Waals surface area contributed by atoms with Crippen LogP contribution in [-0.4, -0.2) is 11.0 Å². The van der Waals surface area contributed by atoms with Crippen LogP contribution in [-0.2, 0) is 0 Å². The molecule has 0 aliphatic rings. The van der Waals surface area contributed by atoms with Crippen LogP contribution < -0.4 is 5.32 Å². The summed E-state index contributed by atoms with van der Waals surface area (Å²) >= 11 is 0. The second-order valence-corrected chi connectivity index (χ2v) is 4.38. The van der Waals surface area contributed by atoms with Crippen molar-refractivity contribution < 1.29 is 0 Å². The number of rotatable bonds is 3. The first-order chi connectivity index (χ1) is 6.49. The highest BCUT2D eigenvalue weighted by molar-refractivity contribution is 5.41. The summed E-state index contributed by atoms with van der Waals surface area (Å²) in [5.74, 6) is 1.55. The average Bonchev–Trinajstić information content (AvgIpc) is 2.01. The van der Waals surface area contributed by atoms with Gasteiger partial charge >= 0.3 is 0 Å². The predicted octanol–water partition coefficient (Wildman–Crippen LogP) is 3.33. The molecule has 1 aromatic heterocycles. The van der Waals surface area contributed by atoms with E-state index >= 15 is 0 Å². The molecule has 0 amide bonds. The molecule has 0 spiro atoms. The van der Waals surface area contributed by atoms with Gasteiger partial charge in [0.05, 0.1) is 0 Å². The molecule has 1 aromatic rings. The Morgan fingerprint density at radius 2 is 1.79 bits per heavy atom. The molecular weight excluding hydrogens is 172 g/mol. The van der Waals surface area contributed by atoms with Crippen LogP contribution in [0.5, 0.6) is 0 Å². The molecule has 0 fully saturated rings. The molecule has 0 aliphatic heterocycles. The lowest BCUT2D eigenvalue weighted by Crippen LogP contribution is -2.11. The first-order valence-corrected chi connectivity index (χ1v) is 5.24. The van der Waals surface area contributed by atoms with Gasteiger partial charge in [0.25, 0.3) is 0 Å². The van der Waals surface area contributed by atoms with Gasteiger partial charge in [0.15, 0.2) is 0 Å². The van der Waals surface area contributed by atoms with Gasteiger partial charge in [-0.25, -0.2) is 4.98 Å². The van der Waals surface area contributed by atoms with Gasteiger partial charge in [0, 0.05) is 11.7 Å². The molecule has 0 aromatic carbocycles. The maximum Gasteiger partial charge on any atom is 0.126 e. The Hall–Kier alpha value is -1.05. The Morgan fingerprint density at radius 3 is 2.29 bits per heavy atom. The van der Waals surface area contributed by atoms with Crippen LogP contribution in [0.4, 0.5) is 5.82 Å². The molecule has 2 heteroatoms. The van der Waals surface area contributed by atoms with Crippen molar-refractivity contribution in [3.05, 3.63) is 23.4 Å². The standard InChI is InChI=1S/C12H20N2/c1-8(2)11-6-10(5)14-12(7-11)13-9(3)4/h6-9H,1-5H3,(H,13,14). The predicted molar refractivity (Wildman–Crippen MR) is 61.8 cm³/mol. The SMILES string of the molecule is Cc1cc(C(C)C)cc(NC(C)C)n1. The fraction of sp³-hybridized carbons (Fsp3) is 0.583. The molecule has 14 heavy (non-hydrogen) atoms. The summed E-state index contributed by atoms with van der Waals surface area (Å²) in [6, 6.07) is 4.72. The topological polar surface area (TPSA) is 24.9 Å². The number of nitrogens with zero attached hydrogens (tertiary/aromatic N) is 1. The first-order valence-electron chi connectivity index (χ1n) is 5.24. The molecule has 2 nitrogen and oxygen atoms in total. The van der Waals surface area contributed by atoms with Crippen molar-refractivity contribution in [2.75, 3.05) is 5.32 Å². The van der Waals surface area contributed by atoms with Crippen LogP contribution >= 0.6 is 0 Å². The minimum atomic E-state index is 0.435. The fourth-order valence-electron chi connectivity index (χ4n) is 1.40. The van der Waals surface area contributed by atoms with Gasteiger partial charge in [-0.1, -0.05) is 13.8 Å². The maximum atomic E-state index is 4.45. The molecule has 0 atom stereocenters. The van der Waals surface area contributed by atoms with Gasteiger partial charge in [-0.3, -0.25) is 0 Å². The number of nitrogens with one attached hydrogen (secondary N) is 1. The highest BCUT2D eigenvalue weighted by Gasteiger charge is 2.04. The molecule has 0 saturated heterocycles. The van der Waals surface area contributed by atoms with Crippen molar-refractivity contribution in [3.8, 4) is 0 Å². The zero-order valence-corrected chi connectivity index (χ0v) is 9.76. The molecule has 0 bridgehead atoms. The number of aromatic nitrogens is 1. The number of hydrogen-bond donors (Lipinski definition) is 1. The van der Waals surface area contributed by atoms with E-state index in [4.69, 9.17) is 0 Å². The molecule has 1 rings (SSSR count). The monoisotopic (exact) mass is 192 g/mol. The minimum Gasteiger partial charge on any atom is -0.368 e. The first kappa shape index (κ1) is 11.0. The van der Waals surface area contributed by atoms with E-state index in [9.17, 15) is 0 Å². The van der Waals surface area contributed by atoms with Crippen molar-refractivity contribution >= 4 is 5.82 Å². The second kappa shape index (κ2) is 4.45. The van der Waals surface area contributed by atoms with Crippen LogP contribution in [0.25, 0.3) is 0 Å². The lowest BCUT2D eigenvalue weighted by molar-refractivity contribution is 0.849. The highest BCUT2D eigenvalue weighted by Crippen LogP contribution is 2.18. The van der Waals surface area contributed by atoms with Crippen molar-refractivity contribution in [3.63, 3.8) is 0 Å². The van der Waals surface area contributed by atoms with Crippen molar-refractivity contribution in [2.24, 2.45) is 0 Å². The van der Waals surface area contributed by atoms with E-state index in [-0.39, 0.29) is 0 Å². The van der Waals surface area contributed by atoms with Crippen LogP contribution in [0.1, 0.15) is 44.9 Å². The summed E-state index contributed by atoms with van der Waals surface area (Å²) in [7, 11) is 0. The van der Waals surface area contributed by atoms with E-state index in [1.165, 1.54) is 5.56 Å². The Morgan fingerprint density at radius 1 is 1.14 bits per heavy atom. The van der Waals surface area contributed by atoms with Gasteiger partial charge < -0.3 is 5.32 Å². The quantitative estimate of drug-likeness (QED) is 0.794. The van der Waals surface area contributed by atoms with Gasteiger partial charge in [-0.2, -0.15) is 0 Å². The smallest absolute Gasteiger partial charge is 0.126 e. The van der Waals surface area contributed by atoms with Crippen molar-refractivity contribution in [1.82, 2.24) is 4.98 Å². The van der Waals surface area contributed by atoms with Gasteiger partial charge in [0.2, 0.25) is 0 Å². The van der Waals surface area contributed by atoms with E-state index in [1.807, 2.05) is 6.92 Å². The van der Waals surface area contributed by atoms with Gasteiger partial charge in [0.1, 0.15) is 5.82 Å². The van der Waals surface area contributed by atoms with Crippen molar-refractivity contribution in [1.29, 1.82) is 0 Å². The minimum absolute atomic E-state index is 0.435. The maximum absolute atomic E-state index is 4.45. The van der Waals surface area contributed by atoms with E-state index in [1.54, 1.807) is 0 Å². The Kier molecular flexibility index (Phi) is 3.50. The molecule has 0 saturated carbocycles. The van der Waals surface area contributed by atoms with Crippen LogP contribution in [0.3, 0.4) is 0 Å². The summed E-state index contributed by atoms with van der Waals surface area (Å²) in [5.41, 5.74) is 2.43. The second-order valence-electron chi connectivity index (χ2n) is 4.38. The van der Waals surface area contributed by atoms with Crippen LogP contribution in [0, 0.1) is 6.92 Å². The number of anilines is 1. The Labute approximate surface area is 86.8 Å². The summed E-state index contributed by atoms with van der Waals surface area (Å²) in [5, 5.41) is 3.33. The third kappa shape index (κ3) is 3.02. The summed E-state index contributed by atoms with van der Waals surface area (Å²) in [4.78, 5) is 4.45. The number of pyridine rings is 1. The van der Waals surface area contributed by atoms with E-state index in [2.05, 4.69) is 50.1 Å². The van der Waals surface area contributed by atoms with Crippen LogP contribution in [0.15, 0.2) is 12.1 Å². The molecule has 0 radical (unpaired) electrons. The van der Waals surface area contributed by atoms with E-state index in [0.717, 1.165) is 11.5 Å². The third-order valence-electron chi connectivity index (χ3n) is 2.08. The number of aryl methyl sites for hydroxylation is 1. The average molecular weight is 192 g/mol. The van der Waals surface area contributed by atoms with E-state index in [0.29, 0.717) is 12.0 Å². The zero-order valence-electron chi connectivity index (χ0n) is 9.76. The van der Waals surface area contributed by atoms with Crippen LogP contribution in [0.2, 0.25) is 0 Å².